The Balaban J connectivity index is 1.50. The van der Waals surface area contributed by atoms with Gasteiger partial charge in [-0.15, -0.1) is 10.2 Å². The Labute approximate surface area is 186 Å². The molecule has 0 atom stereocenters. The smallest absolute Gasteiger partial charge is 0.261 e. The first-order valence-electron chi connectivity index (χ1n) is 10.8. The van der Waals surface area contributed by atoms with E-state index in [1.807, 2.05) is 60.8 Å². The topological polar surface area (TPSA) is 101 Å². The molecule has 32 heavy (non-hydrogen) atoms. The third-order valence-corrected chi connectivity index (χ3v) is 5.36. The zero-order valence-electron chi connectivity index (χ0n) is 18.7. The molecule has 3 heterocycles. The van der Waals surface area contributed by atoms with Crippen molar-refractivity contribution < 1.29 is 9.32 Å². The lowest BCUT2D eigenvalue weighted by Gasteiger charge is -2.21. The van der Waals surface area contributed by atoms with Crippen LogP contribution in [-0.2, 0) is 6.54 Å². The van der Waals surface area contributed by atoms with E-state index in [-0.39, 0.29) is 18.4 Å². The van der Waals surface area contributed by atoms with Crippen LogP contribution in [0.1, 0.15) is 55.6 Å². The highest BCUT2D eigenvalue weighted by atomic mass is 16.5. The number of carbonyl (C=O) groups is 1. The molecule has 0 aliphatic rings. The summed E-state index contributed by atoms with van der Waals surface area (Å²) in [6, 6.07) is 11.3. The van der Waals surface area contributed by atoms with E-state index in [1.54, 1.807) is 0 Å². The van der Waals surface area contributed by atoms with Crippen LogP contribution in [0.4, 0.5) is 5.69 Å². The molecule has 166 valence electrons. The molecule has 3 aromatic heterocycles. The quantitative estimate of drug-likeness (QED) is 0.452. The van der Waals surface area contributed by atoms with E-state index in [9.17, 15) is 4.79 Å². The lowest BCUT2D eigenvalue weighted by atomic mass is 10.2. The molecule has 0 bridgehead atoms. The molecule has 0 unspecified atom stereocenters. The van der Waals surface area contributed by atoms with Crippen LogP contribution in [0.15, 0.2) is 47.1 Å². The van der Waals surface area contributed by atoms with E-state index < -0.39 is 0 Å². The molecular formula is C23H27N7O2. The predicted molar refractivity (Wildman–Crippen MR) is 122 cm³/mol. The first-order valence-corrected chi connectivity index (χ1v) is 10.8. The van der Waals surface area contributed by atoms with Crippen molar-refractivity contribution in [3.63, 3.8) is 0 Å². The second-order valence-corrected chi connectivity index (χ2v) is 7.75. The Hall–Kier alpha value is -3.75. The van der Waals surface area contributed by atoms with Crippen LogP contribution in [0.2, 0.25) is 0 Å². The summed E-state index contributed by atoms with van der Waals surface area (Å²) in [5.41, 5.74) is 3.00. The monoisotopic (exact) mass is 433 g/mol. The molecule has 1 aromatic carbocycles. The predicted octanol–water partition coefficient (Wildman–Crippen LogP) is 3.68. The average molecular weight is 434 g/mol. The summed E-state index contributed by atoms with van der Waals surface area (Å²) >= 11 is 0. The fourth-order valence-corrected chi connectivity index (χ4v) is 3.50. The summed E-state index contributed by atoms with van der Waals surface area (Å²) in [6.07, 6.45) is 1.85. The number of benzene rings is 1. The summed E-state index contributed by atoms with van der Waals surface area (Å²) in [5, 5.41) is 15.5. The molecule has 0 fully saturated rings. The minimum atomic E-state index is -0.164. The van der Waals surface area contributed by atoms with Gasteiger partial charge >= 0.3 is 0 Å². The first-order chi connectivity index (χ1) is 15.5. The third kappa shape index (κ3) is 4.18. The average Bonchev–Trinajstić information content (AvgIpc) is 3.46. The van der Waals surface area contributed by atoms with Gasteiger partial charge in [-0.3, -0.25) is 9.20 Å². The number of nitrogens with zero attached hydrogens (tertiary/aromatic N) is 6. The number of rotatable bonds is 8. The number of carbonyl (C=O) groups excluding carboxylic acids is 1. The summed E-state index contributed by atoms with van der Waals surface area (Å²) in [5.74, 6) is 1.65. The number of nitrogens with one attached hydrogen (secondary N) is 1. The Bertz CT molecular complexity index is 1210. The SMILES string of the molecule is CCN(CC)c1ccc(C(=O)NCc2nnc3c(-c4nc(C(C)C)no4)cccn23)cc1. The minimum absolute atomic E-state index is 0.164. The van der Waals surface area contributed by atoms with Gasteiger partial charge in [-0.05, 0) is 50.2 Å². The molecule has 0 aliphatic heterocycles. The van der Waals surface area contributed by atoms with E-state index in [2.05, 4.69) is 44.4 Å². The molecule has 0 radical (unpaired) electrons. The maximum absolute atomic E-state index is 12.6. The lowest BCUT2D eigenvalue weighted by Crippen LogP contribution is -2.24. The summed E-state index contributed by atoms with van der Waals surface area (Å²) < 4.78 is 7.23. The number of hydrogen-bond acceptors (Lipinski definition) is 7. The molecule has 1 amide bonds. The zero-order chi connectivity index (χ0) is 22.7. The summed E-state index contributed by atoms with van der Waals surface area (Å²) in [7, 11) is 0. The maximum atomic E-state index is 12.6. The Kier molecular flexibility index (Phi) is 6.16. The van der Waals surface area contributed by atoms with Gasteiger partial charge in [0.05, 0.1) is 12.1 Å². The molecule has 9 heteroatoms. The van der Waals surface area contributed by atoms with E-state index in [0.29, 0.717) is 34.3 Å². The van der Waals surface area contributed by atoms with Gasteiger partial charge < -0.3 is 14.7 Å². The molecule has 4 rings (SSSR count). The molecule has 4 aromatic rings. The Morgan fingerprint density at radius 2 is 1.88 bits per heavy atom. The number of fused-ring (bicyclic) bond motifs is 1. The number of hydrogen-bond donors (Lipinski definition) is 1. The Morgan fingerprint density at radius 1 is 1.12 bits per heavy atom. The van der Waals surface area contributed by atoms with Crippen molar-refractivity contribution in [3.05, 3.63) is 59.8 Å². The second kappa shape index (κ2) is 9.17. The number of pyridine rings is 1. The largest absolute Gasteiger partial charge is 0.372 e. The van der Waals surface area contributed by atoms with Gasteiger partial charge in [0.15, 0.2) is 17.3 Å². The van der Waals surface area contributed by atoms with Gasteiger partial charge in [-0.25, -0.2) is 0 Å². The molecule has 0 saturated heterocycles. The molecule has 0 saturated carbocycles. The molecule has 0 spiro atoms. The highest BCUT2D eigenvalue weighted by Gasteiger charge is 2.17. The van der Waals surface area contributed by atoms with Crippen LogP contribution in [0.3, 0.4) is 0 Å². The van der Waals surface area contributed by atoms with Gasteiger partial charge in [0.1, 0.15) is 0 Å². The van der Waals surface area contributed by atoms with Crippen LogP contribution in [0.5, 0.6) is 0 Å². The maximum Gasteiger partial charge on any atom is 0.261 e. The highest BCUT2D eigenvalue weighted by Crippen LogP contribution is 2.24. The second-order valence-electron chi connectivity index (χ2n) is 7.75. The van der Waals surface area contributed by atoms with Crippen LogP contribution in [0.25, 0.3) is 17.1 Å². The van der Waals surface area contributed by atoms with Gasteiger partial charge in [0, 0.05) is 36.5 Å². The fourth-order valence-electron chi connectivity index (χ4n) is 3.50. The normalized spacial score (nSPS) is 11.3. The van der Waals surface area contributed by atoms with E-state index in [0.717, 1.165) is 18.8 Å². The van der Waals surface area contributed by atoms with Crippen LogP contribution < -0.4 is 10.2 Å². The van der Waals surface area contributed by atoms with Crippen molar-refractivity contribution in [1.82, 2.24) is 30.1 Å². The number of aromatic nitrogens is 5. The summed E-state index contributed by atoms with van der Waals surface area (Å²) in [4.78, 5) is 19.3. The van der Waals surface area contributed by atoms with E-state index >= 15 is 0 Å². The zero-order valence-corrected chi connectivity index (χ0v) is 18.7. The van der Waals surface area contributed by atoms with Gasteiger partial charge in [-0.2, -0.15) is 4.98 Å². The van der Waals surface area contributed by atoms with Crippen molar-refractivity contribution in [1.29, 1.82) is 0 Å². The van der Waals surface area contributed by atoms with Crippen molar-refractivity contribution in [2.45, 2.75) is 40.2 Å². The number of anilines is 1. The van der Waals surface area contributed by atoms with Crippen molar-refractivity contribution in [2.75, 3.05) is 18.0 Å². The van der Waals surface area contributed by atoms with Gasteiger partial charge in [0.2, 0.25) is 0 Å². The third-order valence-electron chi connectivity index (χ3n) is 5.36. The van der Waals surface area contributed by atoms with Crippen LogP contribution in [-0.4, -0.2) is 43.7 Å². The van der Waals surface area contributed by atoms with Crippen molar-refractivity contribution >= 4 is 17.2 Å². The molecule has 0 aliphatic carbocycles. The van der Waals surface area contributed by atoms with Crippen LogP contribution in [0, 0.1) is 0 Å². The lowest BCUT2D eigenvalue weighted by molar-refractivity contribution is 0.0950. The fraction of sp³-hybridized carbons (Fsp3) is 0.348. The van der Waals surface area contributed by atoms with Crippen molar-refractivity contribution in [3.8, 4) is 11.5 Å². The van der Waals surface area contributed by atoms with E-state index in [1.165, 1.54) is 0 Å². The summed E-state index contributed by atoms with van der Waals surface area (Å²) in [6.45, 7) is 10.3. The molecular weight excluding hydrogens is 406 g/mol. The Morgan fingerprint density at radius 3 is 2.53 bits per heavy atom. The number of amides is 1. The highest BCUT2D eigenvalue weighted by molar-refractivity contribution is 5.94. The molecule has 1 N–H and O–H groups in total. The van der Waals surface area contributed by atoms with Crippen molar-refractivity contribution in [2.24, 2.45) is 0 Å². The van der Waals surface area contributed by atoms with Gasteiger partial charge in [0.25, 0.3) is 11.8 Å². The molecule has 9 nitrogen and oxygen atoms in total. The van der Waals surface area contributed by atoms with Crippen LogP contribution >= 0.6 is 0 Å². The van der Waals surface area contributed by atoms with E-state index in [4.69, 9.17) is 4.52 Å². The standard InChI is InChI=1S/C23H27N7O2/c1-5-29(6-2)17-11-9-16(10-12-17)22(31)24-14-19-26-27-21-18(8-7-13-30(19)21)23-25-20(15(3)4)28-32-23/h7-13,15H,5-6,14H2,1-4H3,(H,24,31). The first kappa shape index (κ1) is 21.5. The van der Waals surface area contributed by atoms with Gasteiger partial charge in [-0.1, -0.05) is 19.0 Å². The minimum Gasteiger partial charge on any atom is -0.372 e.